The molecule has 20 heavy (non-hydrogen) atoms. The molecule has 0 heterocycles. The fraction of sp³-hybridized carbons (Fsp3) is 0.867. The minimum atomic E-state index is -0.631. The Hall–Kier alpha value is -1.10. The molecule has 114 valence electrons. The summed E-state index contributed by atoms with van der Waals surface area (Å²) in [6.45, 7) is 2.49. The van der Waals surface area contributed by atoms with Gasteiger partial charge in [0.2, 0.25) is 5.91 Å². The van der Waals surface area contributed by atoms with Gasteiger partial charge >= 0.3 is 0 Å². The van der Waals surface area contributed by atoms with Crippen molar-refractivity contribution in [2.24, 2.45) is 11.7 Å². The molecule has 0 saturated heterocycles. The lowest BCUT2D eigenvalue weighted by molar-refractivity contribution is -0.147. The van der Waals surface area contributed by atoms with E-state index < -0.39 is 5.60 Å². The van der Waals surface area contributed by atoms with Gasteiger partial charge in [-0.05, 0) is 51.9 Å². The Bertz CT molecular complexity index is 364. The molecule has 3 N–H and O–H groups in total. The quantitative estimate of drug-likeness (QED) is 0.801. The number of carbonyl (C=O) groups excluding carboxylic acids is 2. The third kappa shape index (κ3) is 3.32. The molecule has 2 saturated carbocycles. The van der Waals surface area contributed by atoms with Crippen molar-refractivity contribution < 1.29 is 14.3 Å². The van der Waals surface area contributed by atoms with Crippen LogP contribution in [-0.4, -0.2) is 30.1 Å². The summed E-state index contributed by atoms with van der Waals surface area (Å²) in [5.41, 5.74) is 4.75. The topological polar surface area (TPSA) is 81.4 Å². The SMILES string of the molecule is CCOC1(C(=O)N[C@H]2CCC[C@@H](C(N)=O)C2)CCCC1. The molecule has 2 rings (SSSR count). The maximum absolute atomic E-state index is 12.5. The van der Waals surface area contributed by atoms with Gasteiger partial charge in [-0.25, -0.2) is 0 Å². The summed E-state index contributed by atoms with van der Waals surface area (Å²) in [5, 5.41) is 3.10. The van der Waals surface area contributed by atoms with Crippen LogP contribution in [0.15, 0.2) is 0 Å². The maximum Gasteiger partial charge on any atom is 0.252 e. The lowest BCUT2D eigenvalue weighted by Gasteiger charge is -2.33. The highest BCUT2D eigenvalue weighted by Gasteiger charge is 2.43. The van der Waals surface area contributed by atoms with E-state index in [-0.39, 0.29) is 23.8 Å². The van der Waals surface area contributed by atoms with E-state index in [0.717, 1.165) is 44.9 Å². The molecule has 0 aliphatic heterocycles. The van der Waals surface area contributed by atoms with Gasteiger partial charge in [0.05, 0.1) is 0 Å². The van der Waals surface area contributed by atoms with Gasteiger partial charge in [0.25, 0.3) is 5.91 Å². The van der Waals surface area contributed by atoms with Gasteiger partial charge < -0.3 is 15.8 Å². The van der Waals surface area contributed by atoms with Crippen molar-refractivity contribution in [2.75, 3.05) is 6.61 Å². The number of hydrogen-bond acceptors (Lipinski definition) is 3. The van der Waals surface area contributed by atoms with Gasteiger partial charge in [0.15, 0.2) is 0 Å². The molecule has 0 aromatic rings. The fourth-order valence-corrected chi connectivity index (χ4v) is 3.56. The lowest BCUT2D eigenvalue weighted by Crippen LogP contribution is -2.51. The predicted molar refractivity (Wildman–Crippen MR) is 75.9 cm³/mol. The van der Waals surface area contributed by atoms with Crippen molar-refractivity contribution >= 4 is 11.8 Å². The summed E-state index contributed by atoms with van der Waals surface area (Å²) in [5.74, 6) is -0.336. The molecular weight excluding hydrogens is 256 g/mol. The normalized spacial score (nSPS) is 29.1. The Labute approximate surface area is 120 Å². The summed E-state index contributed by atoms with van der Waals surface area (Å²) < 4.78 is 5.76. The van der Waals surface area contributed by atoms with Crippen LogP contribution in [0.5, 0.6) is 0 Å². The van der Waals surface area contributed by atoms with Crippen LogP contribution in [0.1, 0.15) is 58.3 Å². The molecule has 0 bridgehead atoms. The highest BCUT2D eigenvalue weighted by Crippen LogP contribution is 2.34. The number of rotatable bonds is 5. The van der Waals surface area contributed by atoms with Crippen LogP contribution in [0.25, 0.3) is 0 Å². The average Bonchev–Trinajstić information content (AvgIpc) is 2.89. The second-order valence-corrected chi connectivity index (χ2v) is 6.07. The standard InChI is InChI=1S/C15H26N2O3/c1-2-20-15(8-3-4-9-15)14(19)17-12-7-5-6-11(10-12)13(16)18/h11-12H,2-10H2,1H3,(H2,16,18)(H,17,19)/t11-,12+/m1/s1. The molecule has 0 aromatic heterocycles. The van der Waals surface area contributed by atoms with Crippen molar-refractivity contribution in [2.45, 2.75) is 69.9 Å². The Morgan fingerprint density at radius 2 is 1.95 bits per heavy atom. The fourth-order valence-electron chi connectivity index (χ4n) is 3.56. The summed E-state index contributed by atoms with van der Waals surface area (Å²) in [6, 6.07) is 0.0617. The highest BCUT2D eigenvalue weighted by molar-refractivity contribution is 5.86. The third-order valence-electron chi connectivity index (χ3n) is 4.66. The summed E-state index contributed by atoms with van der Waals surface area (Å²) in [4.78, 5) is 23.8. The molecule has 2 fully saturated rings. The average molecular weight is 282 g/mol. The molecule has 0 aromatic carbocycles. The van der Waals surface area contributed by atoms with Gasteiger partial charge in [-0.15, -0.1) is 0 Å². The molecular formula is C15H26N2O3. The number of nitrogens with two attached hydrogens (primary N) is 1. The van der Waals surface area contributed by atoms with Crippen molar-refractivity contribution in [1.29, 1.82) is 0 Å². The van der Waals surface area contributed by atoms with Gasteiger partial charge in [-0.3, -0.25) is 9.59 Å². The Morgan fingerprint density at radius 3 is 2.55 bits per heavy atom. The monoisotopic (exact) mass is 282 g/mol. The highest BCUT2D eigenvalue weighted by atomic mass is 16.5. The van der Waals surface area contributed by atoms with Gasteiger partial charge in [-0.2, -0.15) is 0 Å². The number of amides is 2. The smallest absolute Gasteiger partial charge is 0.252 e. The Morgan fingerprint density at radius 1 is 1.25 bits per heavy atom. The van der Waals surface area contributed by atoms with E-state index in [1.165, 1.54) is 0 Å². The lowest BCUT2D eigenvalue weighted by atomic mass is 9.85. The molecule has 2 atom stereocenters. The van der Waals surface area contributed by atoms with Gasteiger partial charge in [0.1, 0.15) is 5.60 Å². The van der Waals surface area contributed by atoms with Crippen LogP contribution < -0.4 is 11.1 Å². The number of primary amides is 1. The molecule has 0 spiro atoms. The van der Waals surface area contributed by atoms with Crippen LogP contribution in [0.2, 0.25) is 0 Å². The summed E-state index contributed by atoms with van der Waals surface area (Å²) in [6.07, 6.45) is 7.08. The first-order chi connectivity index (χ1) is 9.57. The largest absolute Gasteiger partial charge is 0.369 e. The van der Waals surface area contributed by atoms with Crippen LogP contribution in [0.4, 0.5) is 0 Å². The van der Waals surface area contributed by atoms with Crippen LogP contribution in [-0.2, 0) is 14.3 Å². The van der Waals surface area contributed by atoms with Crippen LogP contribution >= 0.6 is 0 Å². The number of nitrogens with one attached hydrogen (secondary N) is 1. The van der Waals surface area contributed by atoms with Gasteiger partial charge in [-0.1, -0.05) is 6.42 Å². The maximum atomic E-state index is 12.5. The van der Waals surface area contributed by atoms with E-state index in [2.05, 4.69) is 5.32 Å². The zero-order valence-electron chi connectivity index (χ0n) is 12.3. The second kappa shape index (κ2) is 6.57. The van der Waals surface area contributed by atoms with E-state index in [1.807, 2.05) is 6.92 Å². The second-order valence-electron chi connectivity index (χ2n) is 6.07. The van der Waals surface area contributed by atoms with Crippen molar-refractivity contribution in [3.63, 3.8) is 0 Å². The van der Waals surface area contributed by atoms with E-state index in [0.29, 0.717) is 13.0 Å². The molecule has 5 heteroatoms. The Balaban J connectivity index is 1.94. The molecule has 5 nitrogen and oxygen atoms in total. The molecule has 0 unspecified atom stereocenters. The van der Waals surface area contributed by atoms with Crippen LogP contribution in [0, 0.1) is 5.92 Å². The zero-order chi connectivity index (χ0) is 14.6. The minimum absolute atomic E-state index is 0.00645. The van der Waals surface area contributed by atoms with Crippen molar-refractivity contribution in [1.82, 2.24) is 5.32 Å². The van der Waals surface area contributed by atoms with E-state index in [4.69, 9.17) is 10.5 Å². The van der Waals surface area contributed by atoms with Gasteiger partial charge in [0, 0.05) is 18.6 Å². The van der Waals surface area contributed by atoms with E-state index in [9.17, 15) is 9.59 Å². The minimum Gasteiger partial charge on any atom is -0.369 e. The summed E-state index contributed by atoms with van der Waals surface area (Å²) >= 11 is 0. The first kappa shape index (κ1) is 15.3. The number of carbonyl (C=O) groups is 2. The first-order valence-electron chi connectivity index (χ1n) is 7.81. The van der Waals surface area contributed by atoms with E-state index in [1.54, 1.807) is 0 Å². The molecule has 2 amide bonds. The van der Waals surface area contributed by atoms with Crippen LogP contribution in [0.3, 0.4) is 0 Å². The zero-order valence-corrected chi connectivity index (χ0v) is 12.3. The molecule has 2 aliphatic carbocycles. The van der Waals surface area contributed by atoms with Crippen molar-refractivity contribution in [3.05, 3.63) is 0 Å². The van der Waals surface area contributed by atoms with E-state index >= 15 is 0 Å². The molecule has 0 radical (unpaired) electrons. The molecule has 2 aliphatic rings. The summed E-state index contributed by atoms with van der Waals surface area (Å²) in [7, 11) is 0. The number of hydrogen-bond donors (Lipinski definition) is 2. The van der Waals surface area contributed by atoms with Crippen molar-refractivity contribution in [3.8, 4) is 0 Å². The first-order valence-corrected chi connectivity index (χ1v) is 7.81. The third-order valence-corrected chi connectivity index (χ3v) is 4.66. The number of ether oxygens (including phenoxy) is 1. The predicted octanol–water partition coefficient (Wildman–Crippen LogP) is 1.50. The Kier molecular flexibility index (Phi) is 5.02.